The van der Waals surface area contributed by atoms with Gasteiger partial charge in [-0.3, -0.25) is 4.79 Å². The lowest BCUT2D eigenvalue weighted by Crippen LogP contribution is -2.43. The fraction of sp³-hybridized carbons (Fsp3) is 0.346. The van der Waals surface area contributed by atoms with Crippen molar-refractivity contribution in [3.63, 3.8) is 0 Å². The number of anilines is 1. The first-order valence-corrected chi connectivity index (χ1v) is 11.2. The second-order valence-corrected chi connectivity index (χ2v) is 8.15. The SMILES string of the molecule is O=C(Cc1ccc(N2CCC(NCCc3ccco3)CC2)cc1)NCc1ccccc1. The van der Waals surface area contributed by atoms with Crippen LogP contribution in [0.15, 0.2) is 77.4 Å². The summed E-state index contributed by atoms with van der Waals surface area (Å²) >= 11 is 0. The van der Waals surface area contributed by atoms with Crippen molar-refractivity contribution in [2.24, 2.45) is 0 Å². The molecule has 1 aliphatic rings. The first kappa shape index (κ1) is 21.2. The van der Waals surface area contributed by atoms with Gasteiger partial charge in [-0.25, -0.2) is 0 Å². The standard InChI is InChI=1S/C26H31N3O2/c30-26(28-20-22-5-2-1-3-6-22)19-21-8-10-24(11-9-21)29-16-13-23(14-17-29)27-15-12-25-7-4-18-31-25/h1-11,18,23,27H,12-17,19-20H2,(H,28,30). The van der Waals surface area contributed by atoms with Gasteiger partial charge in [0.1, 0.15) is 5.76 Å². The number of carbonyl (C=O) groups excluding carboxylic acids is 1. The van der Waals surface area contributed by atoms with Crippen LogP contribution in [0.4, 0.5) is 5.69 Å². The van der Waals surface area contributed by atoms with Crippen LogP contribution in [0.3, 0.4) is 0 Å². The van der Waals surface area contributed by atoms with Crippen molar-refractivity contribution < 1.29 is 9.21 Å². The van der Waals surface area contributed by atoms with Crippen LogP contribution in [0.25, 0.3) is 0 Å². The zero-order valence-corrected chi connectivity index (χ0v) is 17.9. The summed E-state index contributed by atoms with van der Waals surface area (Å²) in [5.41, 5.74) is 3.40. The molecule has 1 saturated heterocycles. The number of rotatable bonds is 9. The Hall–Kier alpha value is -3.05. The Morgan fingerprint density at radius 3 is 2.42 bits per heavy atom. The number of hydrogen-bond donors (Lipinski definition) is 2. The van der Waals surface area contributed by atoms with Gasteiger partial charge in [0.05, 0.1) is 12.7 Å². The van der Waals surface area contributed by atoms with E-state index >= 15 is 0 Å². The zero-order valence-electron chi connectivity index (χ0n) is 17.9. The molecule has 3 aromatic rings. The number of furan rings is 1. The van der Waals surface area contributed by atoms with Gasteiger partial charge < -0.3 is 20.0 Å². The molecule has 2 aromatic carbocycles. The average Bonchev–Trinajstić information content (AvgIpc) is 3.33. The van der Waals surface area contributed by atoms with E-state index in [2.05, 4.69) is 39.8 Å². The van der Waals surface area contributed by atoms with E-state index in [0.29, 0.717) is 19.0 Å². The zero-order chi connectivity index (χ0) is 21.3. The third-order valence-corrected chi connectivity index (χ3v) is 5.88. The maximum atomic E-state index is 12.2. The minimum atomic E-state index is 0.0537. The predicted molar refractivity (Wildman–Crippen MR) is 124 cm³/mol. The Balaban J connectivity index is 1.17. The molecule has 5 nitrogen and oxygen atoms in total. The lowest BCUT2D eigenvalue weighted by Gasteiger charge is -2.34. The van der Waals surface area contributed by atoms with Crippen molar-refractivity contribution >= 4 is 11.6 Å². The highest BCUT2D eigenvalue weighted by molar-refractivity contribution is 5.78. The summed E-state index contributed by atoms with van der Waals surface area (Å²) in [5.74, 6) is 1.09. The molecule has 162 valence electrons. The molecule has 0 bridgehead atoms. The molecule has 0 radical (unpaired) electrons. The summed E-state index contributed by atoms with van der Waals surface area (Å²) in [6.07, 6.45) is 5.36. The van der Waals surface area contributed by atoms with Gasteiger partial charge >= 0.3 is 0 Å². The van der Waals surface area contributed by atoms with E-state index in [1.165, 1.54) is 5.69 Å². The molecule has 0 aliphatic carbocycles. The van der Waals surface area contributed by atoms with Gasteiger partial charge in [0.15, 0.2) is 0 Å². The van der Waals surface area contributed by atoms with Crippen molar-refractivity contribution in [2.45, 2.75) is 38.3 Å². The normalized spacial score (nSPS) is 14.5. The maximum Gasteiger partial charge on any atom is 0.224 e. The summed E-state index contributed by atoms with van der Waals surface area (Å²) in [6, 6.07) is 23.0. The number of nitrogens with zero attached hydrogens (tertiary/aromatic N) is 1. The molecule has 1 aromatic heterocycles. The largest absolute Gasteiger partial charge is 0.469 e. The Kier molecular flexibility index (Phi) is 7.40. The molecule has 31 heavy (non-hydrogen) atoms. The van der Waals surface area contributed by atoms with Crippen LogP contribution in [-0.4, -0.2) is 31.6 Å². The highest BCUT2D eigenvalue weighted by atomic mass is 16.3. The summed E-state index contributed by atoms with van der Waals surface area (Å²) < 4.78 is 5.39. The molecule has 1 aliphatic heterocycles. The Morgan fingerprint density at radius 1 is 0.935 bits per heavy atom. The van der Waals surface area contributed by atoms with Crippen LogP contribution in [0, 0.1) is 0 Å². The Bertz CT molecular complexity index is 915. The van der Waals surface area contributed by atoms with E-state index < -0.39 is 0 Å². The fourth-order valence-corrected chi connectivity index (χ4v) is 4.07. The minimum Gasteiger partial charge on any atom is -0.469 e. The third kappa shape index (κ3) is 6.46. The molecule has 2 N–H and O–H groups in total. The highest BCUT2D eigenvalue weighted by Crippen LogP contribution is 2.21. The van der Waals surface area contributed by atoms with Gasteiger partial charge in [-0.2, -0.15) is 0 Å². The third-order valence-electron chi connectivity index (χ3n) is 5.88. The summed E-state index contributed by atoms with van der Waals surface area (Å²) in [4.78, 5) is 14.7. The van der Waals surface area contributed by atoms with Crippen LogP contribution in [-0.2, 0) is 24.2 Å². The van der Waals surface area contributed by atoms with Crippen LogP contribution >= 0.6 is 0 Å². The second kappa shape index (κ2) is 10.8. The van der Waals surface area contributed by atoms with E-state index in [1.807, 2.05) is 42.5 Å². The summed E-state index contributed by atoms with van der Waals surface area (Å²) in [7, 11) is 0. The van der Waals surface area contributed by atoms with Gasteiger partial charge in [-0.1, -0.05) is 42.5 Å². The first-order chi connectivity index (χ1) is 15.3. The topological polar surface area (TPSA) is 57.5 Å². The van der Waals surface area contributed by atoms with Gasteiger partial charge in [-0.05, 0) is 48.2 Å². The number of piperidine rings is 1. The van der Waals surface area contributed by atoms with Crippen molar-refractivity contribution in [2.75, 3.05) is 24.5 Å². The Labute approximate surface area is 184 Å². The van der Waals surface area contributed by atoms with Gasteiger partial charge in [0.2, 0.25) is 5.91 Å². The number of nitrogens with one attached hydrogen (secondary N) is 2. The Morgan fingerprint density at radius 2 is 1.71 bits per heavy atom. The van der Waals surface area contributed by atoms with Crippen molar-refractivity contribution in [1.82, 2.24) is 10.6 Å². The number of hydrogen-bond acceptors (Lipinski definition) is 4. The summed E-state index contributed by atoms with van der Waals surface area (Å²) in [5, 5.41) is 6.65. The molecule has 0 saturated carbocycles. The van der Waals surface area contributed by atoms with Crippen LogP contribution in [0.2, 0.25) is 0 Å². The summed E-state index contributed by atoms with van der Waals surface area (Å²) in [6.45, 7) is 3.63. The quantitative estimate of drug-likeness (QED) is 0.554. The molecule has 0 unspecified atom stereocenters. The van der Waals surface area contributed by atoms with Gasteiger partial charge in [0.25, 0.3) is 0 Å². The smallest absolute Gasteiger partial charge is 0.224 e. The molecule has 5 heteroatoms. The van der Waals surface area contributed by atoms with Crippen LogP contribution in [0.1, 0.15) is 29.7 Å². The molecule has 0 atom stereocenters. The fourth-order valence-electron chi connectivity index (χ4n) is 4.07. The molecule has 1 fully saturated rings. The molecule has 4 rings (SSSR count). The van der Waals surface area contributed by atoms with E-state index in [-0.39, 0.29) is 5.91 Å². The first-order valence-electron chi connectivity index (χ1n) is 11.2. The predicted octanol–water partition coefficient (Wildman–Crippen LogP) is 3.94. The molecule has 1 amide bonds. The average molecular weight is 418 g/mol. The lowest BCUT2D eigenvalue weighted by molar-refractivity contribution is -0.120. The van der Waals surface area contributed by atoms with E-state index in [1.54, 1.807) is 6.26 Å². The number of amides is 1. The van der Waals surface area contributed by atoms with Crippen molar-refractivity contribution in [3.05, 3.63) is 89.9 Å². The second-order valence-electron chi connectivity index (χ2n) is 8.15. The molecule has 0 spiro atoms. The molecule has 2 heterocycles. The van der Waals surface area contributed by atoms with Gasteiger partial charge in [-0.15, -0.1) is 0 Å². The molecular formula is C26H31N3O2. The van der Waals surface area contributed by atoms with E-state index in [4.69, 9.17) is 4.42 Å². The highest BCUT2D eigenvalue weighted by Gasteiger charge is 2.19. The van der Waals surface area contributed by atoms with Crippen molar-refractivity contribution in [1.29, 1.82) is 0 Å². The monoisotopic (exact) mass is 417 g/mol. The minimum absolute atomic E-state index is 0.0537. The van der Waals surface area contributed by atoms with E-state index in [9.17, 15) is 4.79 Å². The van der Waals surface area contributed by atoms with Crippen LogP contribution in [0.5, 0.6) is 0 Å². The van der Waals surface area contributed by atoms with Crippen LogP contribution < -0.4 is 15.5 Å². The maximum absolute atomic E-state index is 12.2. The lowest BCUT2D eigenvalue weighted by atomic mass is 10.0. The van der Waals surface area contributed by atoms with Gasteiger partial charge in [0, 0.05) is 44.3 Å². The van der Waals surface area contributed by atoms with Crippen molar-refractivity contribution in [3.8, 4) is 0 Å². The molecular weight excluding hydrogens is 386 g/mol. The van der Waals surface area contributed by atoms with E-state index in [0.717, 1.165) is 55.8 Å². The number of benzene rings is 2. The number of carbonyl (C=O) groups is 1.